The lowest BCUT2D eigenvalue weighted by molar-refractivity contribution is 0.993. The SMILES string of the molecule is Clc1ccc(CC/C=C/CCBr)c(Cl)c1. The maximum atomic E-state index is 6.05. The standard InChI is InChI=1S/C12H13BrCl2/c13-8-4-2-1-3-5-10-6-7-11(14)9-12(10)15/h1-2,6-7,9H,3-5,8H2/b2-1+. The van der Waals surface area contributed by atoms with Crippen molar-refractivity contribution in [2.45, 2.75) is 19.3 Å². The second-order valence-electron chi connectivity index (χ2n) is 3.22. The summed E-state index contributed by atoms with van der Waals surface area (Å²) < 4.78 is 0. The normalized spacial score (nSPS) is 11.1. The van der Waals surface area contributed by atoms with Crippen LogP contribution < -0.4 is 0 Å². The Morgan fingerprint density at radius 2 is 1.87 bits per heavy atom. The van der Waals surface area contributed by atoms with E-state index in [-0.39, 0.29) is 0 Å². The third kappa shape index (κ3) is 5.05. The number of alkyl halides is 1. The molecule has 0 amide bonds. The average molecular weight is 308 g/mol. The van der Waals surface area contributed by atoms with Crippen LogP contribution in [0.5, 0.6) is 0 Å². The van der Waals surface area contributed by atoms with Crippen LogP contribution >= 0.6 is 39.1 Å². The van der Waals surface area contributed by atoms with Gasteiger partial charge in [-0.05, 0) is 37.0 Å². The molecule has 82 valence electrons. The van der Waals surface area contributed by atoms with Gasteiger partial charge in [-0.25, -0.2) is 0 Å². The van der Waals surface area contributed by atoms with Crippen molar-refractivity contribution in [3.05, 3.63) is 46.0 Å². The number of aryl methyl sites for hydroxylation is 1. The Bertz CT molecular complexity index is 334. The number of rotatable bonds is 5. The van der Waals surface area contributed by atoms with Gasteiger partial charge in [-0.15, -0.1) is 0 Å². The van der Waals surface area contributed by atoms with Crippen LogP contribution in [0.1, 0.15) is 18.4 Å². The van der Waals surface area contributed by atoms with E-state index in [1.165, 1.54) is 0 Å². The highest BCUT2D eigenvalue weighted by molar-refractivity contribution is 9.09. The Morgan fingerprint density at radius 1 is 1.13 bits per heavy atom. The van der Waals surface area contributed by atoms with Crippen molar-refractivity contribution in [3.63, 3.8) is 0 Å². The molecule has 3 heteroatoms. The van der Waals surface area contributed by atoms with Crippen molar-refractivity contribution >= 4 is 39.1 Å². The van der Waals surface area contributed by atoms with Gasteiger partial charge in [-0.1, -0.05) is 57.4 Å². The van der Waals surface area contributed by atoms with Gasteiger partial charge in [0.2, 0.25) is 0 Å². The molecule has 0 aliphatic carbocycles. The van der Waals surface area contributed by atoms with Gasteiger partial charge in [0.1, 0.15) is 0 Å². The van der Waals surface area contributed by atoms with Crippen LogP contribution in [-0.2, 0) is 6.42 Å². The molecule has 0 fully saturated rings. The topological polar surface area (TPSA) is 0 Å². The van der Waals surface area contributed by atoms with Gasteiger partial charge in [0.05, 0.1) is 0 Å². The zero-order valence-corrected chi connectivity index (χ0v) is 11.4. The molecule has 0 aromatic heterocycles. The molecule has 0 saturated carbocycles. The number of halogens is 3. The summed E-state index contributed by atoms with van der Waals surface area (Å²) in [5, 5.41) is 2.47. The lowest BCUT2D eigenvalue weighted by Gasteiger charge is -2.02. The average Bonchev–Trinajstić information content (AvgIpc) is 2.20. The molecular weight excluding hydrogens is 295 g/mol. The van der Waals surface area contributed by atoms with E-state index in [2.05, 4.69) is 28.1 Å². The molecule has 15 heavy (non-hydrogen) atoms. The minimum atomic E-state index is 0.693. The molecule has 0 saturated heterocycles. The van der Waals surface area contributed by atoms with Gasteiger partial charge in [0, 0.05) is 15.4 Å². The van der Waals surface area contributed by atoms with Crippen LogP contribution in [0.2, 0.25) is 10.0 Å². The van der Waals surface area contributed by atoms with E-state index in [0.717, 1.165) is 35.2 Å². The second kappa shape index (κ2) is 7.32. The molecule has 1 aromatic rings. The van der Waals surface area contributed by atoms with Gasteiger partial charge < -0.3 is 0 Å². The smallest absolute Gasteiger partial charge is 0.0452 e. The molecule has 0 N–H and O–H groups in total. The third-order valence-corrected chi connectivity index (χ3v) is 3.08. The highest BCUT2D eigenvalue weighted by atomic mass is 79.9. The van der Waals surface area contributed by atoms with Crippen LogP contribution in [0.15, 0.2) is 30.4 Å². The van der Waals surface area contributed by atoms with E-state index in [1.54, 1.807) is 6.07 Å². The fraction of sp³-hybridized carbons (Fsp3) is 0.333. The van der Waals surface area contributed by atoms with Crippen molar-refractivity contribution < 1.29 is 0 Å². The Hall–Kier alpha value is 0.0200. The molecule has 0 unspecified atom stereocenters. The van der Waals surface area contributed by atoms with Crippen LogP contribution in [0.4, 0.5) is 0 Å². The van der Waals surface area contributed by atoms with Gasteiger partial charge >= 0.3 is 0 Å². The molecule has 0 nitrogen and oxygen atoms in total. The maximum Gasteiger partial charge on any atom is 0.0452 e. The number of allylic oxidation sites excluding steroid dienone is 2. The second-order valence-corrected chi connectivity index (χ2v) is 4.86. The number of hydrogen-bond acceptors (Lipinski definition) is 0. The molecular formula is C12H13BrCl2. The number of hydrogen-bond donors (Lipinski definition) is 0. The first-order valence-electron chi connectivity index (χ1n) is 4.89. The molecule has 0 atom stereocenters. The lowest BCUT2D eigenvalue weighted by atomic mass is 10.1. The van der Waals surface area contributed by atoms with Crippen LogP contribution in [0, 0.1) is 0 Å². The summed E-state index contributed by atoms with van der Waals surface area (Å²) in [6.07, 6.45) is 7.43. The van der Waals surface area contributed by atoms with E-state index in [4.69, 9.17) is 23.2 Å². The summed E-state index contributed by atoms with van der Waals surface area (Å²) in [6, 6.07) is 5.66. The summed E-state index contributed by atoms with van der Waals surface area (Å²) in [5.41, 5.74) is 1.16. The monoisotopic (exact) mass is 306 g/mol. The molecule has 0 spiro atoms. The van der Waals surface area contributed by atoms with Gasteiger partial charge in [-0.3, -0.25) is 0 Å². The summed E-state index contributed by atoms with van der Waals surface area (Å²) >= 11 is 15.2. The molecule has 0 aliphatic heterocycles. The third-order valence-electron chi connectivity index (χ3n) is 2.04. The molecule has 1 aromatic carbocycles. The zero-order valence-electron chi connectivity index (χ0n) is 8.35. The van der Waals surface area contributed by atoms with Crippen molar-refractivity contribution in [2.24, 2.45) is 0 Å². The van der Waals surface area contributed by atoms with Gasteiger partial charge in [0.15, 0.2) is 0 Å². The first-order chi connectivity index (χ1) is 7.24. The van der Waals surface area contributed by atoms with Crippen molar-refractivity contribution in [1.82, 2.24) is 0 Å². The van der Waals surface area contributed by atoms with Crippen LogP contribution in [-0.4, -0.2) is 5.33 Å². The Labute approximate surface area is 109 Å². The zero-order chi connectivity index (χ0) is 11.1. The fourth-order valence-corrected chi connectivity index (χ4v) is 2.03. The van der Waals surface area contributed by atoms with E-state index < -0.39 is 0 Å². The largest absolute Gasteiger partial charge is 0.0925 e. The molecule has 1 rings (SSSR count). The highest BCUT2D eigenvalue weighted by Crippen LogP contribution is 2.22. The quantitative estimate of drug-likeness (QED) is 0.513. The molecule has 0 heterocycles. The van der Waals surface area contributed by atoms with Crippen molar-refractivity contribution in [3.8, 4) is 0 Å². The van der Waals surface area contributed by atoms with E-state index in [0.29, 0.717) is 5.02 Å². The first-order valence-corrected chi connectivity index (χ1v) is 6.76. The number of benzene rings is 1. The predicted octanol–water partition coefficient (Wildman–Crippen LogP) is 5.27. The van der Waals surface area contributed by atoms with E-state index >= 15 is 0 Å². The molecule has 0 radical (unpaired) electrons. The van der Waals surface area contributed by atoms with Gasteiger partial charge in [0.25, 0.3) is 0 Å². The van der Waals surface area contributed by atoms with Crippen molar-refractivity contribution in [1.29, 1.82) is 0 Å². The minimum absolute atomic E-state index is 0.693. The van der Waals surface area contributed by atoms with E-state index in [1.807, 2.05) is 12.1 Å². The van der Waals surface area contributed by atoms with E-state index in [9.17, 15) is 0 Å². The van der Waals surface area contributed by atoms with Crippen LogP contribution in [0.3, 0.4) is 0 Å². The summed E-state index contributed by atoms with van der Waals surface area (Å²) in [4.78, 5) is 0. The summed E-state index contributed by atoms with van der Waals surface area (Å²) in [7, 11) is 0. The minimum Gasteiger partial charge on any atom is -0.0925 e. The maximum absolute atomic E-state index is 6.05. The summed E-state index contributed by atoms with van der Waals surface area (Å²) in [5.74, 6) is 0. The first kappa shape index (κ1) is 13.1. The Morgan fingerprint density at radius 3 is 2.53 bits per heavy atom. The molecule has 0 bridgehead atoms. The lowest BCUT2D eigenvalue weighted by Crippen LogP contribution is -1.84. The summed E-state index contributed by atoms with van der Waals surface area (Å²) in [6.45, 7) is 0. The predicted molar refractivity (Wildman–Crippen MR) is 72.3 cm³/mol. The molecule has 0 aliphatic rings. The Kier molecular flexibility index (Phi) is 6.39. The van der Waals surface area contributed by atoms with Crippen molar-refractivity contribution in [2.75, 3.05) is 5.33 Å². The fourth-order valence-electron chi connectivity index (χ4n) is 1.26. The Balaban J connectivity index is 2.44. The van der Waals surface area contributed by atoms with Gasteiger partial charge in [-0.2, -0.15) is 0 Å². The highest BCUT2D eigenvalue weighted by Gasteiger charge is 1.99. The van der Waals surface area contributed by atoms with Crippen LogP contribution in [0.25, 0.3) is 0 Å².